The highest BCUT2D eigenvalue weighted by Crippen LogP contribution is 2.30. The first-order valence-electron chi connectivity index (χ1n) is 5.42. The maximum atomic E-state index is 9.13. The van der Waals surface area contributed by atoms with Crippen molar-refractivity contribution < 1.29 is 5.11 Å². The summed E-state index contributed by atoms with van der Waals surface area (Å²) < 4.78 is 0. The first-order chi connectivity index (χ1) is 7.31. The van der Waals surface area contributed by atoms with E-state index in [9.17, 15) is 0 Å². The molecule has 1 saturated heterocycles. The molecule has 2 nitrogen and oxygen atoms in total. The van der Waals surface area contributed by atoms with Crippen LogP contribution in [0.25, 0.3) is 0 Å². The van der Waals surface area contributed by atoms with E-state index in [0.717, 1.165) is 29.8 Å². The minimum Gasteiger partial charge on any atom is -0.395 e. The SMILES string of the molecule is OCC1CCCC(c2ccccc2Cl)N1. The normalized spacial score (nSPS) is 26.5. The molecule has 0 aliphatic carbocycles. The molecule has 1 heterocycles. The van der Waals surface area contributed by atoms with Crippen molar-refractivity contribution in [3.05, 3.63) is 34.9 Å². The predicted molar refractivity (Wildman–Crippen MR) is 62.1 cm³/mol. The Balaban J connectivity index is 2.13. The van der Waals surface area contributed by atoms with E-state index in [2.05, 4.69) is 11.4 Å². The third-order valence-corrected chi connectivity index (χ3v) is 3.33. The van der Waals surface area contributed by atoms with Gasteiger partial charge >= 0.3 is 0 Å². The number of halogens is 1. The van der Waals surface area contributed by atoms with E-state index in [-0.39, 0.29) is 12.6 Å². The molecule has 0 saturated carbocycles. The highest BCUT2D eigenvalue weighted by Gasteiger charge is 2.22. The van der Waals surface area contributed by atoms with Gasteiger partial charge in [-0.25, -0.2) is 0 Å². The molecule has 0 amide bonds. The fourth-order valence-electron chi connectivity index (χ4n) is 2.17. The number of aliphatic hydroxyl groups is 1. The van der Waals surface area contributed by atoms with Crippen molar-refractivity contribution in [3.8, 4) is 0 Å². The molecule has 2 unspecified atom stereocenters. The van der Waals surface area contributed by atoms with Crippen molar-refractivity contribution in [2.75, 3.05) is 6.61 Å². The Morgan fingerprint density at radius 1 is 1.33 bits per heavy atom. The molecule has 0 bridgehead atoms. The van der Waals surface area contributed by atoms with Gasteiger partial charge in [0.2, 0.25) is 0 Å². The number of aliphatic hydroxyl groups excluding tert-OH is 1. The average Bonchev–Trinajstić information content (AvgIpc) is 2.30. The highest BCUT2D eigenvalue weighted by molar-refractivity contribution is 6.31. The Hall–Kier alpha value is -0.570. The van der Waals surface area contributed by atoms with Gasteiger partial charge in [-0.1, -0.05) is 29.8 Å². The highest BCUT2D eigenvalue weighted by atomic mass is 35.5. The zero-order valence-corrected chi connectivity index (χ0v) is 9.37. The van der Waals surface area contributed by atoms with Gasteiger partial charge in [0.25, 0.3) is 0 Å². The molecule has 82 valence electrons. The number of benzene rings is 1. The molecule has 15 heavy (non-hydrogen) atoms. The third kappa shape index (κ3) is 2.51. The van der Waals surface area contributed by atoms with Crippen LogP contribution in [0.15, 0.2) is 24.3 Å². The molecule has 0 radical (unpaired) electrons. The van der Waals surface area contributed by atoms with E-state index in [1.54, 1.807) is 0 Å². The molecule has 1 aliphatic rings. The Kier molecular flexibility index (Phi) is 3.62. The first-order valence-corrected chi connectivity index (χ1v) is 5.80. The Bertz CT molecular complexity index is 329. The Labute approximate surface area is 95.3 Å². The van der Waals surface area contributed by atoms with Crippen molar-refractivity contribution in [3.63, 3.8) is 0 Å². The van der Waals surface area contributed by atoms with Crippen molar-refractivity contribution in [1.29, 1.82) is 0 Å². The zero-order chi connectivity index (χ0) is 10.7. The second-order valence-electron chi connectivity index (χ2n) is 4.05. The largest absolute Gasteiger partial charge is 0.395 e. The van der Waals surface area contributed by atoms with Crippen LogP contribution in [0.5, 0.6) is 0 Å². The second kappa shape index (κ2) is 4.97. The lowest BCUT2D eigenvalue weighted by atomic mass is 9.94. The molecule has 1 fully saturated rings. The molecule has 1 aromatic rings. The summed E-state index contributed by atoms with van der Waals surface area (Å²) in [4.78, 5) is 0. The molecular weight excluding hydrogens is 210 g/mol. The van der Waals surface area contributed by atoms with Gasteiger partial charge in [-0.3, -0.25) is 0 Å². The maximum absolute atomic E-state index is 9.13. The van der Waals surface area contributed by atoms with E-state index < -0.39 is 0 Å². The van der Waals surface area contributed by atoms with Gasteiger partial charge in [0.05, 0.1) is 6.61 Å². The summed E-state index contributed by atoms with van der Waals surface area (Å²) in [6.45, 7) is 0.209. The summed E-state index contributed by atoms with van der Waals surface area (Å²) in [5.74, 6) is 0. The molecule has 1 aromatic carbocycles. The van der Waals surface area contributed by atoms with E-state index >= 15 is 0 Å². The van der Waals surface area contributed by atoms with Gasteiger partial charge in [0.15, 0.2) is 0 Å². The summed E-state index contributed by atoms with van der Waals surface area (Å²) in [5.41, 5.74) is 1.15. The molecular formula is C12H16ClNO. The summed E-state index contributed by atoms with van der Waals surface area (Å²) >= 11 is 6.15. The maximum Gasteiger partial charge on any atom is 0.0584 e. The van der Waals surface area contributed by atoms with Crippen molar-refractivity contribution in [2.24, 2.45) is 0 Å². The van der Waals surface area contributed by atoms with Crippen LogP contribution in [-0.4, -0.2) is 17.8 Å². The number of nitrogens with one attached hydrogen (secondary N) is 1. The number of rotatable bonds is 2. The van der Waals surface area contributed by atoms with Crippen LogP contribution in [0.4, 0.5) is 0 Å². The first kappa shape index (κ1) is 10.9. The number of hydrogen-bond acceptors (Lipinski definition) is 2. The standard InChI is InChI=1S/C12H16ClNO/c13-11-6-2-1-5-10(11)12-7-3-4-9(8-15)14-12/h1-2,5-6,9,12,14-15H,3-4,7-8H2. The van der Waals surface area contributed by atoms with E-state index in [0.29, 0.717) is 6.04 Å². The van der Waals surface area contributed by atoms with E-state index in [1.165, 1.54) is 0 Å². The van der Waals surface area contributed by atoms with Gasteiger partial charge in [-0.05, 0) is 30.9 Å². The summed E-state index contributed by atoms with van der Waals surface area (Å²) in [5, 5.41) is 13.4. The van der Waals surface area contributed by atoms with Crippen molar-refractivity contribution >= 4 is 11.6 Å². The molecule has 0 aromatic heterocycles. The third-order valence-electron chi connectivity index (χ3n) is 2.98. The number of hydrogen-bond donors (Lipinski definition) is 2. The smallest absolute Gasteiger partial charge is 0.0584 e. The second-order valence-corrected chi connectivity index (χ2v) is 4.46. The van der Waals surface area contributed by atoms with Crippen molar-refractivity contribution in [2.45, 2.75) is 31.3 Å². The van der Waals surface area contributed by atoms with Crippen LogP contribution in [0, 0.1) is 0 Å². The lowest BCUT2D eigenvalue weighted by Gasteiger charge is -2.30. The minimum atomic E-state index is 0.209. The zero-order valence-electron chi connectivity index (χ0n) is 8.62. The molecule has 2 rings (SSSR count). The van der Waals surface area contributed by atoms with Gasteiger partial charge in [0, 0.05) is 17.1 Å². The van der Waals surface area contributed by atoms with Crippen LogP contribution in [0.1, 0.15) is 30.9 Å². The fraction of sp³-hybridized carbons (Fsp3) is 0.500. The summed E-state index contributed by atoms with van der Waals surface area (Å²) in [6, 6.07) is 8.44. The molecule has 1 aliphatic heterocycles. The lowest BCUT2D eigenvalue weighted by Crippen LogP contribution is -2.39. The monoisotopic (exact) mass is 225 g/mol. The van der Waals surface area contributed by atoms with Crippen LogP contribution < -0.4 is 5.32 Å². The predicted octanol–water partition coefficient (Wildman–Crippen LogP) is 2.52. The number of piperidine rings is 1. The molecule has 2 N–H and O–H groups in total. The van der Waals surface area contributed by atoms with Crippen LogP contribution >= 0.6 is 11.6 Å². The Morgan fingerprint density at radius 2 is 2.13 bits per heavy atom. The van der Waals surface area contributed by atoms with Crippen LogP contribution in [0.2, 0.25) is 5.02 Å². The molecule has 2 atom stereocenters. The summed E-state index contributed by atoms with van der Waals surface area (Å²) in [7, 11) is 0. The molecule has 3 heteroatoms. The van der Waals surface area contributed by atoms with Crippen LogP contribution in [0.3, 0.4) is 0 Å². The lowest BCUT2D eigenvalue weighted by molar-refractivity contribution is 0.198. The van der Waals surface area contributed by atoms with E-state index in [1.807, 2.05) is 18.2 Å². The quantitative estimate of drug-likeness (QED) is 0.811. The van der Waals surface area contributed by atoms with Crippen LogP contribution in [-0.2, 0) is 0 Å². The van der Waals surface area contributed by atoms with Gasteiger partial charge in [0.1, 0.15) is 0 Å². The van der Waals surface area contributed by atoms with Gasteiger partial charge < -0.3 is 10.4 Å². The van der Waals surface area contributed by atoms with Gasteiger partial charge in [-0.2, -0.15) is 0 Å². The summed E-state index contributed by atoms with van der Waals surface area (Å²) in [6.07, 6.45) is 3.30. The molecule has 0 spiro atoms. The topological polar surface area (TPSA) is 32.3 Å². The van der Waals surface area contributed by atoms with Crippen molar-refractivity contribution in [1.82, 2.24) is 5.32 Å². The van der Waals surface area contributed by atoms with E-state index in [4.69, 9.17) is 16.7 Å². The average molecular weight is 226 g/mol. The Morgan fingerprint density at radius 3 is 2.87 bits per heavy atom. The van der Waals surface area contributed by atoms with Gasteiger partial charge in [-0.15, -0.1) is 0 Å². The fourth-order valence-corrected chi connectivity index (χ4v) is 2.43. The minimum absolute atomic E-state index is 0.209.